The average Bonchev–Trinajstić information content (AvgIpc) is 2.39. The molecule has 0 aliphatic rings. The predicted octanol–water partition coefficient (Wildman–Crippen LogP) is 3.08. The fourth-order valence-corrected chi connectivity index (χ4v) is 0.810. The van der Waals surface area contributed by atoms with Crippen molar-refractivity contribution in [2.75, 3.05) is 0 Å². The van der Waals surface area contributed by atoms with Crippen LogP contribution in [0.3, 0.4) is 0 Å². The van der Waals surface area contributed by atoms with Crippen molar-refractivity contribution >= 4 is 0 Å². The van der Waals surface area contributed by atoms with Crippen LogP contribution < -0.4 is 0 Å². The monoisotopic (exact) mass is 247 g/mol. The molecule has 18 heavy (non-hydrogen) atoms. The van der Waals surface area contributed by atoms with Gasteiger partial charge in [0.1, 0.15) is 6.26 Å². The maximum atomic E-state index is 4.49. The van der Waals surface area contributed by atoms with Gasteiger partial charge in [-0.05, 0) is 17.3 Å². The first-order valence-corrected chi connectivity index (χ1v) is 5.12. The number of rotatable bonds is 0. The Morgan fingerprint density at radius 3 is 2.06 bits per heavy atom. The second kappa shape index (κ2) is 10.7. The molecule has 1 N–H and O–H groups in total. The van der Waals surface area contributed by atoms with Gasteiger partial charge in [0, 0.05) is 0 Å². The largest absolute Gasteiger partial charge is 0.258 e. The van der Waals surface area contributed by atoms with Crippen LogP contribution in [0.15, 0.2) is 87.1 Å². The van der Waals surface area contributed by atoms with Crippen LogP contribution in [0.1, 0.15) is 0 Å². The molecule has 0 spiro atoms. The highest BCUT2D eigenvalue weighted by Crippen LogP contribution is 1.78. The lowest BCUT2D eigenvalue weighted by molar-refractivity contribution is -0.212. The first-order valence-electron chi connectivity index (χ1n) is 5.12. The van der Waals surface area contributed by atoms with Crippen molar-refractivity contribution in [2.24, 2.45) is 0 Å². The number of aromatic nitrogens is 3. The molecule has 0 radical (unpaired) electrons. The molecule has 0 unspecified atom stereocenters. The highest BCUT2D eigenvalue weighted by Gasteiger charge is 1.59. The molecule has 1 aromatic heterocycles. The summed E-state index contributed by atoms with van der Waals surface area (Å²) in [6, 6.07) is 18.2. The smallest absolute Gasteiger partial charge is 0.147 e. The van der Waals surface area contributed by atoms with E-state index < -0.39 is 0 Å². The average molecular weight is 247 g/mol. The van der Waals surface area contributed by atoms with E-state index in [0.717, 1.165) is 0 Å². The molecule has 94 valence electrons. The van der Waals surface area contributed by atoms with Crippen molar-refractivity contribution in [3.63, 3.8) is 0 Å². The molecule has 0 aliphatic carbocycles. The summed E-state index contributed by atoms with van der Waals surface area (Å²) in [5, 5.41) is 9.03. The van der Waals surface area contributed by atoms with Crippen molar-refractivity contribution in [1.82, 2.24) is 15.6 Å². The van der Waals surface area contributed by atoms with E-state index in [1.807, 2.05) is 47.7 Å². The van der Waals surface area contributed by atoms with Gasteiger partial charge in [0.2, 0.25) is 0 Å². The molecule has 1 heterocycles. The van der Waals surface area contributed by atoms with E-state index >= 15 is 0 Å². The van der Waals surface area contributed by atoms with Gasteiger partial charge in [-0.15, -0.1) is 9.78 Å². The van der Waals surface area contributed by atoms with Gasteiger partial charge in [0.25, 0.3) is 0 Å². The lowest BCUT2D eigenvalue weighted by Crippen LogP contribution is -1.74. The quantitative estimate of drug-likeness (QED) is 0.712. The molecule has 0 saturated carbocycles. The van der Waals surface area contributed by atoms with E-state index in [9.17, 15) is 0 Å². The molecular weight excluding hydrogens is 234 g/mol. The summed E-state index contributed by atoms with van der Waals surface area (Å²) in [6.07, 6.45) is 2.77. The Bertz CT molecular complexity index is 313. The zero-order valence-corrected chi connectivity index (χ0v) is 9.55. The summed E-state index contributed by atoms with van der Waals surface area (Å²) < 4.78 is 13.0. The second-order valence-electron chi connectivity index (χ2n) is 2.76. The molecule has 0 amide bonds. The van der Waals surface area contributed by atoms with Crippen molar-refractivity contribution in [3.8, 4) is 0 Å². The zero-order chi connectivity index (χ0) is 12.7. The normalized spacial score (nSPS) is 8.00. The Labute approximate surface area is 103 Å². The first kappa shape index (κ1) is 13.3. The van der Waals surface area contributed by atoms with Crippen LogP contribution in [0.4, 0.5) is 0 Å². The van der Waals surface area contributed by atoms with E-state index in [1.54, 1.807) is 18.2 Å². The molecule has 6 heteroatoms. The van der Waals surface area contributed by atoms with Gasteiger partial charge in [-0.2, -0.15) is 0 Å². The Kier molecular flexibility index (Phi) is 7.94. The fraction of sp³-hybridized carbons (Fsp3) is 0. The van der Waals surface area contributed by atoms with E-state index in [-0.39, 0.29) is 0 Å². The summed E-state index contributed by atoms with van der Waals surface area (Å²) in [5.41, 5.74) is 0. The van der Waals surface area contributed by atoms with Crippen molar-refractivity contribution < 1.29 is 14.0 Å². The third kappa shape index (κ3) is 8.54. The SMILES string of the molecule is c1ccccccooo[nH]nnccccc1. The molecule has 0 saturated heterocycles. The third-order valence-corrected chi connectivity index (χ3v) is 1.50. The molecule has 1 rings (SSSR count). The molecule has 0 fully saturated rings. The number of nitrogens with one attached hydrogen (secondary N) is 1. The van der Waals surface area contributed by atoms with E-state index in [4.69, 9.17) is 0 Å². The summed E-state index contributed by atoms with van der Waals surface area (Å²) >= 11 is 0. The lowest BCUT2D eigenvalue weighted by Gasteiger charge is -1.70. The molecule has 0 aromatic carbocycles. The van der Waals surface area contributed by atoms with Crippen LogP contribution >= 0.6 is 0 Å². The van der Waals surface area contributed by atoms with Crippen LogP contribution in [-0.2, 0) is 0 Å². The van der Waals surface area contributed by atoms with Gasteiger partial charge >= 0.3 is 0 Å². The molecule has 0 bridgehead atoms. The van der Waals surface area contributed by atoms with Crippen LogP contribution in [0.2, 0.25) is 0 Å². The first-order chi connectivity index (χ1) is 9.00. The lowest BCUT2D eigenvalue weighted by atomic mass is 10.4. The summed E-state index contributed by atoms with van der Waals surface area (Å²) in [4.78, 5) is 0. The molecule has 0 atom stereocenters. The van der Waals surface area contributed by atoms with E-state index in [1.165, 1.54) is 12.5 Å². The molecular formula is C12H13N3O3. The maximum absolute atomic E-state index is 4.49. The van der Waals surface area contributed by atoms with Crippen LogP contribution in [0, 0.1) is 0 Å². The van der Waals surface area contributed by atoms with Crippen LogP contribution in [-0.4, -0.2) is 15.6 Å². The van der Waals surface area contributed by atoms with Gasteiger partial charge in [-0.25, -0.2) is 0 Å². The summed E-state index contributed by atoms with van der Waals surface area (Å²) in [6.45, 7) is 0. The van der Waals surface area contributed by atoms with E-state index in [2.05, 4.69) is 24.3 Å². The second-order valence-corrected chi connectivity index (χ2v) is 2.76. The highest BCUT2D eigenvalue weighted by molar-refractivity contribution is 4.95. The minimum Gasteiger partial charge on any atom is -0.258 e. The minimum absolute atomic E-state index is 1.30. The minimum atomic E-state index is 1.30. The van der Waals surface area contributed by atoms with Gasteiger partial charge in [-0.3, -0.25) is 4.58 Å². The zero-order valence-electron chi connectivity index (χ0n) is 9.55. The Hall–Kier alpha value is -2.76. The van der Waals surface area contributed by atoms with E-state index in [0.29, 0.717) is 0 Å². The maximum Gasteiger partial charge on any atom is 0.147 e. The van der Waals surface area contributed by atoms with Gasteiger partial charge in [0.15, 0.2) is 0 Å². The van der Waals surface area contributed by atoms with Gasteiger partial charge in [-0.1, -0.05) is 58.5 Å². The summed E-state index contributed by atoms with van der Waals surface area (Å²) in [5.74, 6) is 0. The Morgan fingerprint density at radius 2 is 1.33 bits per heavy atom. The fourth-order valence-electron chi connectivity index (χ4n) is 0.810. The number of hydrogen-bond donors (Lipinski definition) is 1. The summed E-state index contributed by atoms with van der Waals surface area (Å²) in [7, 11) is 0. The Balaban J connectivity index is 3.00. The number of H-pyrrole nitrogens is 1. The molecule has 0 aliphatic heterocycles. The standard InChI is InChI=1S/C12H13N3O3/c1-2-4-6-8-10-12-16-18-17-15-14-13-11-9-7-5-3-1/h1-12H,(H,13,15). The Morgan fingerprint density at radius 1 is 0.722 bits per heavy atom. The van der Waals surface area contributed by atoms with Crippen molar-refractivity contribution in [2.45, 2.75) is 0 Å². The number of hydrogen-bond acceptors (Lipinski definition) is 5. The topological polar surface area (TPSA) is 81.0 Å². The number of aromatic amines is 1. The van der Waals surface area contributed by atoms with Crippen molar-refractivity contribution in [1.29, 1.82) is 0 Å². The molecule has 1 aromatic rings. The highest BCUT2D eigenvalue weighted by atomic mass is 17.2. The third-order valence-electron chi connectivity index (χ3n) is 1.50. The van der Waals surface area contributed by atoms with Gasteiger partial charge in [0.05, 0.1) is 6.20 Å². The van der Waals surface area contributed by atoms with Crippen LogP contribution in [0.5, 0.6) is 0 Å². The van der Waals surface area contributed by atoms with Gasteiger partial charge < -0.3 is 0 Å². The van der Waals surface area contributed by atoms with Crippen LogP contribution in [0.25, 0.3) is 0 Å². The predicted molar refractivity (Wildman–Crippen MR) is 63.7 cm³/mol. The number of nitrogens with zero attached hydrogens (tertiary/aromatic N) is 2. The van der Waals surface area contributed by atoms with Crippen molar-refractivity contribution in [3.05, 3.63) is 73.1 Å². The molecule has 6 nitrogen and oxygen atoms in total.